The lowest BCUT2D eigenvalue weighted by molar-refractivity contribution is 0.0690. The number of aromatic nitrogens is 2. The van der Waals surface area contributed by atoms with Crippen molar-refractivity contribution in [3.05, 3.63) is 42.4 Å². The lowest BCUT2D eigenvalue weighted by Gasteiger charge is -2.29. The average molecular weight is 301 g/mol. The Kier molecular flexibility index (Phi) is 3.78. The van der Waals surface area contributed by atoms with Crippen molar-refractivity contribution >= 4 is 11.8 Å². The van der Waals surface area contributed by atoms with Gasteiger partial charge in [-0.05, 0) is 12.1 Å². The Morgan fingerprint density at radius 1 is 1.32 bits per heavy atom. The van der Waals surface area contributed by atoms with Crippen LogP contribution in [0.1, 0.15) is 10.5 Å². The van der Waals surface area contributed by atoms with Gasteiger partial charge in [-0.1, -0.05) is 12.1 Å². The van der Waals surface area contributed by atoms with Gasteiger partial charge in [0.1, 0.15) is 12.4 Å². The fourth-order valence-corrected chi connectivity index (χ4v) is 2.18. The van der Waals surface area contributed by atoms with E-state index in [9.17, 15) is 4.79 Å². The number of carboxylic acids is 1. The minimum atomic E-state index is -1.10. The average Bonchev–Trinajstić information content (AvgIpc) is 2.55. The number of hydrogen-bond donors (Lipinski definition) is 1. The van der Waals surface area contributed by atoms with E-state index in [0.29, 0.717) is 19.0 Å². The smallest absolute Gasteiger partial charge is 0.356 e. The van der Waals surface area contributed by atoms with Crippen LogP contribution < -0.4 is 14.4 Å². The number of benzene rings is 1. The fourth-order valence-electron chi connectivity index (χ4n) is 2.18. The van der Waals surface area contributed by atoms with E-state index in [0.717, 1.165) is 11.5 Å². The molecule has 0 amide bonds. The van der Waals surface area contributed by atoms with Crippen LogP contribution in [-0.2, 0) is 0 Å². The van der Waals surface area contributed by atoms with Crippen LogP contribution in [0.25, 0.3) is 0 Å². The molecule has 7 heteroatoms. The molecule has 1 aliphatic heterocycles. The van der Waals surface area contributed by atoms with Crippen LogP contribution >= 0.6 is 0 Å². The summed E-state index contributed by atoms with van der Waals surface area (Å²) >= 11 is 0. The Bertz CT molecular complexity index is 675. The van der Waals surface area contributed by atoms with E-state index in [4.69, 9.17) is 14.6 Å². The third-order valence-corrected chi connectivity index (χ3v) is 3.29. The molecule has 7 nitrogen and oxygen atoms in total. The minimum Gasteiger partial charge on any atom is -0.486 e. The van der Waals surface area contributed by atoms with Crippen LogP contribution in [0, 0.1) is 0 Å². The van der Waals surface area contributed by atoms with Crippen molar-refractivity contribution in [3.8, 4) is 11.5 Å². The van der Waals surface area contributed by atoms with Gasteiger partial charge in [0.15, 0.2) is 23.3 Å². The van der Waals surface area contributed by atoms with E-state index in [-0.39, 0.29) is 11.8 Å². The standard InChI is InChI=1S/C15H15N3O4/c1-18(14-7-16-11(6-17-14)15(19)20)8-10-9-21-12-4-2-3-5-13(12)22-10/h2-7,10H,8-9H2,1H3,(H,19,20). The third-order valence-electron chi connectivity index (χ3n) is 3.29. The maximum absolute atomic E-state index is 10.8. The van der Waals surface area contributed by atoms with Gasteiger partial charge in [-0.25, -0.2) is 14.8 Å². The number of para-hydroxylation sites is 2. The summed E-state index contributed by atoms with van der Waals surface area (Å²) in [6.07, 6.45) is 2.53. The van der Waals surface area contributed by atoms with Crippen molar-refractivity contribution in [2.75, 3.05) is 25.1 Å². The predicted molar refractivity (Wildman–Crippen MR) is 78.6 cm³/mol. The molecule has 0 fully saturated rings. The van der Waals surface area contributed by atoms with Gasteiger partial charge >= 0.3 is 5.97 Å². The number of rotatable bonds is 4. The summed E-state index contributed by atoms with van der Waals surface area (Å²) in [5.41, 5.74) is -0.0803. The van der Waals surface area contributed by atoms with Gasteiger partial charge in [-0.2, -0.15) is 0 Å². The fraction of sp³-hybridized carbons (Fsp3) is 0.267. The van der Waals surface area contributed by atoms with E-state index in [1.54, 1.807) is 0 Å². The maximum atomic E-state index is 10.8. The minimum absolute atomic E-state index is 0.0803. The van der Waals surface area contributed by atoms with E-state index < -0.39 is 5.97 Å². The lowest BCUT2D eigenvalue weighted by Crippen LogP contribution is -2.39. The first-order chi connectivity index (χ1) is 10.6. The van der Waals surface area contributed by atoms with Crippen molar-refractivity contribution in [1.82, 2.24) is 9.97 Å². The molecule has 0 radical (unpaired) electrons. The van der Waals surface area contributed by atoms with Crippen LogP contribution in [0.15, 0.2) is 36.7 Å². The predicted octanol–water partition coefficient (Wildman–Crippen LogP) is 1.45. The summed E-state index contributed by atoms with van der Waals surface area (Å²) in [6, 6.07) is 7.52. The highest BCUT2D eigenvalue weighted by atomic mass is 16.6. The molecule has 1 aliphatic rings. The largest absolute Gasteiger partial charge is 0.486 e. The summed E-state index contributed by atoms with van der Waals surface area (Å²) in [7, 11) is 1.84. The molecule has 0 saturated heterocycles. The normalized spacial score (nSPS) is 16.1. The number of carboxylic acid groups (broad SMARTS) is 1. The zero-order chi connectivity index (χ0) is 15.5. The SMILES string of the molecule is CN(CC1COc2ccccc2O1)c1cnc(C(=O)O)cn1. The van der Waals surface area contributed by atoms with Crippen molar-refractivity contribution in [1.29, 1.82) is 0 Å². The van der Waals surface area contributed by atoms with E-state index in [1.165, 1.54) is 12.4 Å². The Hall–Kier alpha value is -2.83. The molecule has 0 bridgehead atoms. The number of nitrogens with zero attached hydrogens (tertiary/aromatic N) is 3. The zero-order valence-electron chi connectivity index (χ0n) is 12.0. The zero-order valence-corrected chi connectivity index (χ0v) is 12.0. The van der Waals surface area contributed by atoms with Crippen LogP contribution in [0.3, 0.4) is 0 Å². The summed E-state index contributed by atoms with van der Waals surface area (Å²) < 4.78 is 11.5. The van der Waals surface area contributed by atoms with Gasteiger partial charge in [-0.15, -0.1) is 0 Å². The summed E-state index contributed by atoms with van der Waals surface area (Å²) in [5, 5.41) is 8.82. The number of aromatic carboxylic acids is 1. The van der Waals surface area contributed by atoms with Crippen molar-refractivity contribution in [2.45, 2.75) is 6.10 Å². The Labute approximate surface area is 127 Å². The number of fused-ring (bicyclic) bond motifs is 1. The molecular formula is C15H15N3O4. The molecule has 0 aliphatic carbocycles. The molecule has 1 N–H and O–H groups in total. The van der Waals surface area contributed by atoms with Gasteiger partial charge in [0.2, 0.25) is 0 Å². The van der Waals surface area contributed by atoms with Crippen molar-refractivity contribution in [3.63, 3.8) is 0 Å². The Balaban J connectivity index is 1.65. The topological polar surface area (TPSA) is 84.8 Å². The molecule has 3 rings (SSSR count). The van der Waals surface area contributed by atoms with Crippen molar-refractivity contribution in [2.24, 2.45) is 0 Å². The molecule has 2 heterocycles. The highest BCUT2D eigenvalue weighted by Gasteiger charge is 2.22. The lowest BCUT2D eigenvalue weighted by atomic mass is 10.2. The molecular weight excluding hydrogens is 286 g/mol. The highest BCUT2D eigenvalue weighted by Crippen LogP contribution is 2.31. The molecule has 114 valence electrons. The second-order valence-electron chi connectivity index (χ2n) is 4.94. The van der Waals surface area contributed by atoms with E-state index >= 15 is 0 Å². The molecule has 0 spiro atoms. The first-order valence-corrected chi connectivity index (χ1v) is 6.78. The van der Waals surface area contributed by atoms with E-state index in [1.807, 2.05) is 36.2 Å². The first kappa shape index (κ1) is 14.1. The molecule has 1 atom stereocenters. The van der Waals surface area contributed by atoms with Crippen LogP contribution in [0.4, 0.5) is 5.82 Å². The molecule has 1 aromatic heterocycles. The van der Waals surface area contributed by atoms with Gasteiger partial charge in [-0.3, -0.25) is 0 Å². The molecule has 1 aromatic carbocycles. The van der Waals surface area contributed by atoms with Gasteiger partial charge in [0, 0.05) is 7.05 Å². The summed E-state index contributed by atoms with van der Waals surface area (Å²) in [4.78, 5) is 20.6. The van der Waals surface area contributed by atoms with Crippen LogP contribution in [0.2, 0.25) is 0 Å². The number of hydrogen-bond acceptors (Lipinski definition) is 6. The van der Waals surface area contributed by atoms with Gasteiger partial charge in [0.25, 0.3) is 0 Å². The quantitative estimate of drug-likeness (QED) is 0.914. The van der Waals surface area contributed by atoms with E-state index in [2.05, 4.69) is 9.97 Å². The molecule has 2 aromatic rings. The van der Waals surface area contributed by atoms with Crippen molar-refractivity contribution < 1.29 is 19.4 Å². The monoisotopic (exact) mass is 301 g/mol. The van der Waals surface area contributed by atoms with Gasteiger partial charge < -0.3 is 19.5 Å². The van der Waals surface area contributed by atoms with Gasteiger partial charge in [0.05, 0.1) is 18.9 Å². The number of ether oxygens (including phenoxy) is 2. The number of carbonyl (C=O) groups is 1. The molecule has 1 unspecified atom stereocenters. The highest BCUT2D eigenvalue weighted by molar-refractivity contribution is 5.84. The van der Waals surface area contributed by atoms with Crippen LogP contribution in [0.5, 0.6) is 11.5 Å². The molecule has 22 heavy (non-hydrogen) atoms. The maximum Gasteiger partial charge on any atom is 0.356 e. The third kappa shape index (κ3) is 2.93. The number of anilines is 1. The Morgan fingerprint density at radius 3 is 2.77 bits per heavy atom. The molecule has 0 saturated carbocycles. The number of likely N-dealkylation sites (N-methyl/N-ethyl adjacent to an activating group) is 1. The summed E-state index contributed by atoms with van der Waals surface area (Å²) in [5.74, 6) is 0.946. The second kappa shape index (κ2) is 5.88. The second-order valence-corrected chi connectivity index (χ2v) is 4.94. The summed E-state index contributed by atoms with van der Waals surface area (Å²) in [6.45, 7) is 0.997. The first-order valence-electron chi connectivity index (χ1n) is 6.78. The Morgan fingerprint density at radius 2 is 2.09 bits per heavy atom. The van der Waals surface area contributed by atoms with Crippen LogP contribution in [-0.4, -0.2) is 47.3 Å².